The largest absolute Gasteiger partial charge is 0.436 e. The third-order valence-corrected chi connectivity index (χ3v) is 4.69. The van der Waals surface area contributed by atoms with Crippen LogP contribution in [-0.4, -0.2) is 20.1 Å². The lowest BCUT2D eigenvalue weighted by Gasteiger charge is -2.01. The number of para-hydroxylation sites is 1. The number of H-pyrrole nitrogens is 1. The van der Waals surface area contributed by atoms with Crippen LogP contribution < -0.4 is 0 Å². The van der Waals surface area contributed by atoms with E-state index in [1.807, 2.05) is 60.7 Å². The van der Waals surface area contributed by atoms with E-state index in [1.165, 1.54) is 12.1 Å². The van der Waals surface area contributed by atoms with Gasteiger partial charge in [-0.3, -0.25) is 15.2 Å². The molecule has 0 atom stereocenters. The van der Waals surface area contributed by atoms with Gasteiger partial charge >= 0.3 is 0 Å². The molecule has 5 rings (SSSR count). The Labute approximate surface area is 164 Å². The number of non-ortho nitro benzene ring substituents is 1. The Morgan fingerprint density at radius 2 is 1.83 bits per heavy atom. The number of hydrogen-bond acceptors (Lipinski definition) is 5. The first-order valence-electron chi connectivity index (χ1n) is 8.94. The quantitative estimate of drug-likeness (QED) is 0.329. The van der Waals surface area contributed by atoms with E-state index < -0.39 is 4.92 Å². The molecule has 3 aromatic carbocycles. The Morgan fingerprint density at radius 3 is 2.72 bits per heavy atom. The minimum absolute atomic E-state index is 0.0176. The molecule has 0 saturated carbocycles. The highest BCUT2D eigenvalue weighted by atomic mass is 16.6. The van der Waals surface area contributed by atoms with Gasteiger partial charge in [0.15, 0.2) is 5.58 Å². The van der Waals surface area contributed by atoms with E-state index in [-0.39, 0.29) is 5.69 Å². The van der Waals surface area contributed by atoms with Crippen molar-refractivity contribution in [2.45, 2.75) is 0 Å². The van der Waals surface area contributed by atoms with E-state index in [0.29, 0.717) is 17.0 Å². The summed E-state index contributed by atoms with van der Waals surface area (Å²) in [5.74, 6) is 0.410. The molecule has 2 heterocycles. The van der Waals surface area contributed by atoms with Crippen LogP contribution in [0.3, 0.4) is 0 Å². The van der Waals surface area contributed by atoms with Gasteiger partial charge in [0.05, 0.1) is 16.1 Å². The number of aromatic nitrogens is 3. The maximum absolute atomic E-state index is 11.0. The Hall–Kier alpha value is -4.26. The molecule has 7 heteroatoms. The van der Waals surface area contributed by atoms with Gasteiger partial charge in [-0.2, -0.15) is 5.10 Å². The van der Waals surface area contributed by atoms with Crippen LogP contribution >= 0.6 is 0 Å². The number of oxazole rings is 1. The monoisotopic (exact) mass is 382 g/mol. The Kier molecular flexibility index (Phi) is 3.91. The molecule has 0 amide bonds. The molecule has 5 aromatic rings. The standard InChI is InChI=1S/C22H14N4O3/c27-26(28)15-10-12-21-20(13-15)23-22(29-21)16-6-2-1-5-14(16)9-11-19-17-7-3-4-8-18(17)24-25-19/h1-13H,(H,24,25). The van der Waals surface area contributed by atoms with E-state index in [1.54, 1.807) is 6.07 Å². The molecule has 0 saturated heterocycles. The van der Waals surface area contributed by atoms with Crippen molar-refractivity contribution in [3.05, 3.63) is 88.1 Å². The number of fused-ring (bicyclic) bond motifs is 2. The topological polar surface area (TPSA) is 97.9 Å². The predicted octanol–water partition coefficient (Wildman–Crippen LogP) is 5.45. The normalized spacial score (nSPS) is 11.6. The Morgan fingerprint density at radius 1 is 1.00 bits per heavy atom. The first-order valence-corrected chi connectivity index (χ1v) is 8.94. The Balaban J connectivity index is 1.56. The smallest absolute Gasteiger partial charge is 0.271 e. The lowest BCUT2D eigenvalue weighted by atomic mass is 10.1. The fourth-order valence-electron chi connectivity index (χ4n) is 3.26. The van der Waals surface area contributed by atoms with Crippen LogP contribution in [0.25, 0.3) is 45.6 Å². The summed E-state index contributed by atoms with van der Waals surface area (Å²) in [7, 11) is 0. The highest BCUT2D eigenvalue weighted by Gasteiger charge is 2.14. The van der Waals surface area contributed by atoms with Gasteiger partial charge in [-0.25, -0.2) is 4.98 Å². The molecular weight excluding hydrogens is 368 g/mol. The fourth-order valence-corrected chi connectivity index (χ4v) is 3.26. The number of hydrogen-bond donors (Lipinski definition) is 1. The van der Waals surface area contributed by atoms with Gasteiger partial charge in [-0.15, -0.1) is 0 Å². The van der Waals surface area contributed by atoms with Crippen LogP contribution in [0.2, 0.25) is 0 Å². The van der Waals surface area contributed by atoms with Crippen molar-refractivity contribution < 1.29 is 9.34 Å². The van der Waals surface area contributed by atoms with Crippen LogP contribution in [0.1, 0.15) is 11.3 Å². The van der Waals surface area contributed by atoms with Crippen molar-refractivity contribution in [3.8, 4) is 11.5 Å². The third-order valence-electron chi connectivity index (χ3n) is 4.69. The molecule has 140 valence electrons. The second-order valence-corrected chi connectivity index (χ2v) is 6.50. The maximum Gasteiger partial charge on any atom is 0.271 e. The van der Waals surface area contributed by atoms with E-state index in [0.717, 1.165) is 27.7 Å². The van der Waals surface area contributed by atoms with Crippen LogP contribution in [0.5, 0.6) is 0 Å². The summed E-state index contributed by atoms with van der Waals surface area (Å²) in [5.41, 5.74) is 4.44. The maximum atomic E-state index is 11.0. The predicted molar refractivity (Wildman–Crippen MR) is 111 cm³/mol. The average Bonchev–Trinajstić information content (AvgIpc) is 3.36. The SMILES string of the molecule is O=[N+]([O-])c1ccc2oc(-c3ccccc3C=Cc3n[nH]c4ccccc34)nc2c1. The minimum Gasteiger partial charge on any atom is -0.436 e. The summed E-state index contributed by atoms with van der Waals surface area (Å²) in [4.78, 5) is 15.0. The van der Waals surface area contributed by atoms with Crippen molar-refractivity contribution in [1.82, 2.24) is 15.2 Å². The van der Waals surface area contributed by atoms with E-state index in [2.05, 4.69) is 15.2 Å². The second-order valence-electron chi connectivity index (χ2n) is 6.50. The first-order chi connectivity index (χ1) is 14.2. The zero-order valence-corrected chi connectivity index (χ0v) is 15.1. The number of benzene rings is 3. The molecule has 0 aliphatic heterocycles. The number of nitro benzene ring substituents is 1. The van der Waals surface area contributed by atoms with Crippen LogP contribution in [0.4, 0.5) is 5.69 Å². The molecule has 0 radical (unpaired) electrons. The molecule has 0 aliphatic rings. The Bertz CT molecular complexity index is 1400. The zero-order valence-electron chi connectivity index (χ0n) is 15.1. The van der Waals surface area contributed by atoms with Crippen LogP contribution in [0, 0.1) is 10.1 Å². The summed E-state index contributed by atoms with van der Waals surface area (Å²) in [6, 6.07) is 20.0. The molecule has 0 unspecified atom stereocenters. The molecule has 0 bridgehead atoms. The van der Waals surface area contributed by atoms with Crippen molar-refractivity contribution in [2.24, 2.45) is 0 Å². The van der Waals surface area contributed by atoms with Crippen molar-refractivity contribution in [1.29, 1.82) is 0 Å². The second kappa shape index (κ2) is 6.72. The number of nitrogens with one attached hydrogen (secondary N) is 1. The third kappa shape index (κ3) is 3.04. The van der Waals surface area contributed by atoms with Gasteiger partial charge in [-0.1, -0.05) is 42.5 Å². The molecule has 2 aromatic heterocycles. The number of nitro groups is 1. The molecular formula is C22H14N4O3. The molecule has 7 nitrogen and oxygen atoms in total. The summed E-state index contributed by atoms with van der Waals surface area (Å²) >= 11 is 0. The summed E-state index contributed by atoms with van der Waals surface area (Å²) in [6.07, 6.45) is 3.89. The van der Waals surface area contributed by atoms with Crippen molar-refractivity contribution in [3.63, 3.8) is 0 Å². The molecule has 1 N–H and O–H groups in total. The van der Waals surface area contributed by atoms with Crippen molar-refractivity contribution >= 4 is 39.8 Å². The number of nitrogens with zero attached hydrogens (tertiary/aromatic N) is 3. The van der Waals surface area contributed by atoms with Crippen LogP contribution in [0.15, 0.2) is 71.1 Å². The molecule has 0 fully saturated rings. The summed E-state index contributed by atoms with van der Waals surface area (Å²) in [6.45, 7) is 0. The van der Waals surface area contributed by atoms with Gasteiger partial charge < -0.3 is 4.42 Å². The van der Waals surface area contributed by atoms with E-state index in [4.69, 9.17) is 4.42 Å². The summed E-state index contributed by atoms with van der Waals surface area (Å²) < 4.78 is 5.85. The van der Waals surface area contributed by atoms with Gasteiger partial charge in [0.25, 0.3) is 5.69 Å². The zero-order chi connectivity index (χ0) is 19.8. The lowest BCUT2D eigenvalue weighted by molar-refractivity contribution is -0.384. The summed E-state index contributed by atoms with van der Waals surface area (Å²) in [5, 5.41) is 19.4. The van der Waals surface area contributed by atoms with Gasteiger partial charge in [0, 0.05) is 23.1 Å². The van der Waals surface area contributed by atoms with Gasteiger partial charge in [0.1, 0.15) is 5.52 Å². The lowest BCUT2D eigenvalue weighted by Crippen LogP contribution is -1.86. The van der Waals surface area contributed by atoms with Gasteiger partial charge in [-0.05, 0) is 29.8 Å². The average molecular weight is 382 g/mol. The first kappa shape index (κ1) is 16.9. The van der Waals surface area contributed by atoms with Gasteiger partial charge in [0.2, 0.25) is 5.89 Å². The van der Waals surface area contributed by atoms with Crippen LogP contribution in [-0.2, 0) is 0 Å². The fraction of sp³-hybridized carbons (Fsp3) is 0. The van der Waals surface area contributed by atoms with E-state index in [9.17, 15) is 10.1 Å². The number of aromatic amines is 1. The minimum atomic E-state index is -0.446. The molecule has 29 heavy (non-hydrogen) atoms. The van der Waals surface area contributed by atoms with E-state index >= 15 is 0 Å². The molecule has 0 aliphatic carbocycles. The van der Waals surface area contributed by atoms with Crippen molar-refractivity contribution in [2.75, 3.05) is 0 Å². The highest BCUT2D eigenvalue weighted by molar-refractivity contribution is 5.90. The number of rotatable bonds is 4. The highest BCUT2D eigenvalue weighted by Crippen LogP contribution is 2.30. The molecule has 0 spiro atoms.